The zero-order chi connectivity index (χ0) is 13.7. The number of carbonyl (C=O) groups is 1. The number of carbonyl (C=O) groups excluding carboxylic acids is 1. The van der Waals surface area contributed by atoms with E-state index in [4.69, 9.17) is 10.00 Å². The highest BCUT2D eigenvalue weighted by atomic mass is 16.5. The molecule has 0 saturated heterocycles. The third-order valence-electron chi connectivity index (χ3n) is 2.32. The molecular formula is C12H11N5O2. The number of H-pyrrole nitrogens is 1. The van der Waals surface area contributed by atoms with E-state index in [9.17, 15) is 4.79 Å². The van der Waals surface area contributed by atoms with Gasteiger partial charge in [0.2, 0.25) is 5.95 Å². The van der Waals surface area contributed by atoms with Gasteiger partial charge in [0.1, 0.15) is 12.1 Å². The van der Waals surface area contributed by atoms with Crippen molar-refractivity contribution in [3.63, 3.8) is 0 Å². The van der Waals surface area contributed by atoms with Gasteiger partial charge < -0.3 is 4.74 Å². The van der Waals surface area contributed by atoms with Crippen LogP contribution in [-0.4, -0.2) is 27.2 Å². The Balaban J connectivity index is 1.94. The first-order valence-corrected chi connectivity index (χ1v) is 5.52. The van der Waals surface area contributed by atoms with Crippen LogP contribution in [0.25, 0.3) is 0 Å². The van der Waals surface area contributed by atoms with Crippen LogP contribution in [0.5, 0.6) is 5.75 Å². The minimum Gasteiger partial charge on any atom is -0.481 e. The Morgan fingerprint density at radius 3 is 2.79 bits per heavy atom. The third-order valence-corrected chi connectivity index (χ3v) is 2.32. The molecule has 7 heteroatoms. The Morgan fingerprint density at radius 1 is 1.47 bits per heavy atom. The van der Waals surface area contributed by atoms with E-state index < -0.39 is 6.10 Å². The van der Waals surface area contributed by atoms with E-state index in [1.54, 1.807) is 31.2 Å². The summed E-state index contributed by atoms with van der Waals surface area (Å²) >= 11 is 0. The minimum absolute atomic E-state index is 0.264. The van der Waals surface area contributed by atoms with E-state index in [2.05, 4.69) is 20.5 Å². The van der Waals surface area contributed by atoms with Crippen LogP contribution in [0.1, 0.15) is 12.5 Å². The van der Waals surface area contributed by atoms with Crippen molar-refractivity contribution < 1.29 is 9.53 Å². The standard InChI is InChI=1S/C12H11N5O2/c1-8(11(18)16-12-14-7-15-17-12)19-10-4-2-9(6-13)3-5-10/h2-5,7-8H,1H3,(H2,14,15,16,17,18). The number of benzene rings is 1. The van der Waals surface area contributed by atoms with Crippen molar-refractivity contribution in [3.8, 4) is 11.8 Å². The molecule has 1 unspecified atom stereocenters. The van der Waals surface area contributed by atoms with Gasteiger partial charge in [0.25, 0.3) is 5.91 Å². The van der Waals surface area contributed by atoms with Crippen LogP contribution in [0.4, 0.5) is 5.95 Å². The number of hydrogen-bond donors (Lipinski definition) is 2. The number of aromatic amines is 1. The molecule has 0 aliphatic heterocycles. The van der Waals surface area contributed by atoms with Gasteiger partial charge in [0.05, 0.1) is 11.6 Å². The molecule has 0 saturated carbocycles. The molecule has 0 fully saturated rings. The second-order valence-electron chi connectivity index (χ2n) is 3.72. The van der Waals surface area contributed by atoms with Gasteiger partial charge in [-0.3, -0.25) is 10.1 Å². The summed E-state index contributed by atoms with van der Waals surface area (Å²) in [5.74, 6) is 0.431. The van der Waals surface area contributed by atoms with Gasteiger partial charge in [0.15, 0.2) is 6.10 Å². The average Bonchev–Trinajstić information content (AvgIpc) is 2.92. The highest BCUT2D eigenvalue weighted by molar-refractivity contribution is 5.92. The zero-order valence-electron chi connectivity index (χ0n) is 10.1. The maximum absolute atomic E-state index is 11.8. The van der Waals surface area contributed by atoms with Gasteiger partial charge >= 0.3 is 0 Å². The lowest BCUT2D eigenvalue weighted by atomic mass is 10.2. The lowest BCUT2D eigenvalue weighted by Crippen LogP contribution is -2.30. The average molecular weight is 257 g/mol. The maximum Gasteiger partial charge on any atom is 0.267 e. The molecule has 1 atom stereocenters. The predicted molar refractivity (Wildman–Crippen MR) is 66.3 cm³/mol. The highest BCUT2D eigenvalue weighted by Gasteiger charge is 2.15. The fourth-order valence-corrected chi connectivity index (χ4v) is 1.35. The Hall–Kier alpha value is -2.88. The number of nitrogens with one attached hydrogen (secondary N) is 2. The molecule has 2 N–H and O–H groups in total. The quantitative estimate of drug-likeness (QED) is 0.853. The SMILES string of the molecule is CC(Oc1ccc(C#N)cc1)C(=O)Nc1ncn[nH]1. The smallest absolute Gasteiger partial charge is 0.267 e. The molecule has 1 aromatic heterocycles. The highest BCUT2D eigenvalue weighted by Crippen LogP contribution is 2.13. The molecular weight excluding hydrogens is 246 g/mol. The molecule has 0 radical (unpaired) electrons. The van der Waals surface area contributed by atoms with E-state index in [0.29, 0.717) is 11.3 Å². The predicted octanol–water partition coefficient (Wildman–Crippen LogP) is 1.08. The lowest BCUT2D eigenvalue weighted by Gasteiger charge is -2.13. The Bertz CT molecular complexity index is 586. The van der Waals surface area contributed by atoms with Gasteiger partial charge in [-0.25, -0.2) is 5.10 Å². The second-order valence-corrected chi connectivity index (χ2v) is 3.72. The van der Waals surface area contributed by atoms with Crippen molar-refractivity contribution in [2.75, 3.05) is 5.32 Å². The summed E-state index contributed by atoms with van der Waals surface area (Å²) < 4.78 is 5.44. The number of ether oxygens (including phenoxy) is 1. The number of aromatic nitrogens is 3. The minimum atomic E-state index is -0.696. The van der Waals surface area contributed by atoms with Crippen LogP contribution in [0.3, 0.4) is 0 Å². The summed E-state index contributed by atoms with van der Waals surface area (Å²) in [4.78, 5) is 15.5. The molecule has 19 heavy (non-hydrogen) atoms. The fourth-order valence-electron chi connectivity index (χ4n) is 1.35. The molecule has 0 aliphatic rings. The first-order valence-electron chi connectivity index (χ1n) is 5.52. The third kappa shape index (κ3) is 3.29. The van der Waals surface area contributed by atoms with Crippen molar-refractivity contribution >= 4 is 11.9 Å². The van der Waals surface area contributed by atoms with E-state index in [1.807, 2.05) is 6.07 Å². The topological polar surface area (TPSA) is 104 Å². The van der Waals surface area contributed by atoms with Crippen LogP contribution < -0.4 is 10.1 Å². The van der Waals surface area contributed by atoms with E-state index in [-0.39, 0.29) is 11.9 Å². The maximum atomic E-state index is 11.8. The van der Waals surface area contributed by atoms with E-state index >= 15 is 0 Å². The summed E-state index contributed by atoms with van der Waals surface area (Å²) in [6.45, 7) is 1.61. The van der Waals surface area contributed by atoms with Gasteiger partial charge in [-0.15, -0.1) is 0 Å². The van der Waals surface area contributed by atoms with E-state index in [0.717, 1.165) is 0 Å². The van der Waals surface area contributed by atoms with Gasteiger partial charge in [-0.05, 0) is 31.2 Å². The number of rotatable bonds is 4. The van der Waals surface area contributed by atoms with Crippen molar-refractivity contribution in [1.29, 1.82) is 5.26 Å². The number of nitriles is 1. The largest absolute Gasteiger partial charge is 0.481 e. The van der Waals surface area contributed by atoms with E-state index in [1.165, 1.54) is 6.33 Å². The number of amides is 1. The molecule has 0 aliphatic carbocycles. The number of nitrogens with zero attached hydrogens (tertiary/aromatic N) is 3. The zero-order valence-corrected chi connectivity index (χ0v) is 10.1. The second kappa shape index (κ2) is 5.64. The Morgan fingerprint density at radius 2 is 2.21 bits per heavy atom. The fraction of sp³-hybridized carbons (Fsp3) is 0.167. The molecule has 0 spiro atoms. The summed E-state index contributed by atoms with van der Waals surface area (Å²) in [6, 6.07) is 8.52. The first kappa shape index (κ1) is 12.6. The summed E-state index contributed by atoms with van der Waals surface area (Å²) in [5.41, 5.74) is 0.533. The lowest BCUT2D eigenvalue weighted by molar-refractivity contribution is -0.122. The van der Waals surface area contributed by atoms with Crippen molar-refractivity contribution in [1.82, 2.24) is 15.2 Å². The molecule has 96 valence electrons. The van der Waals surface area contributed by atoms with Crippen LogP contribution in [0.2, 0.25) is 0 Å². The molecule has 2 aromatic rings. The Kier molecular flexibility index (Phi) is 3.73. The molecule has 0 bridgehead atoms. The monoisotopic (exact) mass is 257 g/mol. The summed E-state index contributed by atoms with van der Waals surface area (Å²) in [6.07, 6.45) is 0.597. The molecule has 1 aromatic carbocycles. The molecule has 7 nitrogen and oxygen atoms in total. The number of anilines is 1. The first-order chi connectivity index (χ1) is 9.19. The van der Waals surface area contributed by atoms with Crippen molar-refractivity contribution in [2.24, 2.45) is 0 Å². The van der Waals surface area contributed by atoms with Gasteiger partial charge in [0, 0.05) is 0 Å². The van der Waals surface area contributed by atoms with Crippen molar-refractivity contribution in [3.05, 3.63) is 36.2 Å². The summed E-state index contributed by atoms with van der Waals surface area (Å²) in [5, 5.41) is 17.3. The molecule has 2 rings (SSSR count). The normalized spacial score (nSPS) is 11.4. The van der Waals surface area contributed by atoms with Crippen LogP contribution in [-0.2, 0) is 4.79 Å². The summed E-state index contributed by atoms with van der Waals surface area (Å²) in [7, 11) is 0. The van der Waals surface area contributed by atoms with Gasteiger partial charge in [-0.2, -0.15) is 15.3 Å². The Labute approximate surface area is 109 Å². The number of hydrogen-bond acceptors (Lipinski definition) is 5. The van der Waals surface area contributed by atoms with Crippen LogP contribution in [0.15, 0.2) is 30.6 Å². The molecule has 1 heterocycles. The van der Waals surface area contributed by atoms with Crippen molar-refractivity contribution in [2.45, 2.75) is 13.0 Å². The van der Waals surface area contributed by atoms with Gasteiger partial charge in [-0.1, -0.05) is 0 Å². The molecule has 1 amide bonds. The van der Waals surface area contributed by atoms with Crippen LogP contribution >= 0.6 is 0 Å². The van der Waals surface area contributed by atoms with Crippen LogP contribution in [0, 0.1) is 11.3 Å².